The van der Waals surface area contributed by atoms with E-state index < -0.39 is 83.8 Å². The van der Waals surface area contributed by atoms with Crippen LogP contribution in [0.5, 0.6) is 0 Å². The Morgan fingerprint density at radius 1 is 0.962 bits per heavy atom. The van der Waals surface area contributed by atoms with E-state index in [2.05, 4.69) is 30.6 Å². The zero-order valence-electron chi connectivity index (χ0n) is 27.3. The highest BCUT2D eigenvalue weighted by molar-refractivity contribution is 7.47. The number of imidazole rings is 1. The van der Waals surface area contributed by atoms with Crippen molar-refractivity contribution >= 4 is 49.6 Å². The average molecular weight is 768 g/mol. The molecule has 0 spiro atoms. The van der Waals surface area contributed by atoms with Crippen molar-refractivity contribution < 1.29 is 56.4 Å². The SMILES string of the molecule is O=C(CO)NCCn1cnc2c(ncn2[C@@H]2O[C@@H]3COP(=O)(O)O[C@H]4C[C@H](n5cc6c7c(ncnc75)NCCC6)O[C@@H]4COP(=O)(O)O[C@@H]2C3)c1=O. The molecule has 0 radical (unpaired) electrons. The highest BCUT2D eigenvalue weighted by atomic mass is 31.2. The summed E-state index contributed by atoms with van der Waals surface area (Å²) in [5, 5.41) is 15.5. The van der Waals surface area contributed by atoms with Gasteiger partial charge in [-0.2, -0.15) is 0 Å². The van der Waals surface area contributed by atoms with Crippen LogP contribution in [-0.2, 0) is 54.5 Å². The zero-order chi connectivity index (χ0) is 36.2. The number of nitrogens with zero attached hydrogens (tertiary/aromatic N) is 7. The first kappa shape index (κ1) is 35.4. The van der Waals surface area contributed by atoms with E-state index in [4.69, 9.17) is 32.7 Å². The quantitative estimate of drug-likeness (QED) is 0.163. The van der Waals surface area contributed by atoms with Crippen LogP contribution in [0.1, 0.15) is 37.3 Å². The number of phosphoric ester groups is 2. The molecular formula is C28H35N9O13P2. The minimum atomic E-state index is -4.85. The summed E-state index contributed by atoms with van der Waals surface area (Å²) >= 11 is 0. The van der Waals surface area contributed by atoms with Crippen molar-refractivity contribution in [3.05, 3.63) is 41.1 Å². The van der Waals surface area contributed by atoms with Gasteiger partial charge in [-0.15, -0.1) is 0 Å². The molecule has 4 aliphatic heterocycles. The summed E-state index contributed by atoms with van der Waals surface area (Å²) in [4.78, 5) is 63.5. The fraction of sp³-hybridized carbons (Fsp3) is 0.571. The number of aromatic nitrogens is 7. The lowest BCUT2D eigenvalue weighted by Gasteiger charge is -2.25. The minimum Gasteiger partial charge on any atom is -0.387 e. The Hall–Kier alpha value is -3.66. The number of aliphatic hydroxyl groups is 1. The number of phosphoric acid groups is 2. The third kappa shape index (κ3) is 6.92. The fourth-order valence-corrected chi connectivity index (χ4v) is 8.80. The maximum absolute atomic E-state index is 13.4. The monoisotopic (exact) mass is 767 g/mol. The van der Waals surface area contributed by atoms with Crippen LogP contribution in [0.2, 0.25) is 0 Å². The number of aryl methyl sites for hydroxylation is 1. The van der Waals surface area contributed by atoms with Gasteiger partial charge in [-0.05, 0) is 18.4 Å². The Bertz CT molecular complexity index is 2160. The van der Waals surface area contributed by atoms with E-state index >= 15 is 0 Å². The minimum absolute atomic E-state index is 0.0436. The average Bonchev–Trinajstić information content (AvgIpc) is 3.87. The topological polar surface area (TPSA) is 275 Å². The van der Waals surface area contributed by atoms with Crippen molar-refractivity contribution in [2.45, 2.75) is 69.1 Å². The molecule has 5 N–H and O–H groups in total. The van der Waals surface area contributed by atoms with E-state index in [0.29, 0.717) is 11.5 Å². The van der Waals surface area contributed by atoms with Crippen LogP contribution in [0, 0.1) is 0 Å². The molecule has 8 heterocycles. The van der Waals surface area contributed by atoms with Gasteiger partial charge in [-0.25, -0.2) is 29.1 Å². The predicted molar refractivity (Wildman–Crippen MR) is 175 cm³/mol. The highest BCUT2D eigenvalue weighted by Gasteiger charge is 2.47. The van der Waals surface area contributed by atoms with Gasteiger partial charge in [0.1, 0.15) is 55.3 Å². The lowest BCUT2D eigenvalue weighted by Crippen LogP contribution is -2.32. The lowest BCUT2D eigenvalue weighted by molar-refractivity contribution is -0.123. The Kier molecular flexibility index (Phi) is 9.50. The summed E-state index contributed by atoms with van der Waals surface area (Å²) < 4.78 is 65.3. The van der Waals surface area contributed by atoms with E-state index in [1.165, 1.54) is 28.1 Å². The lowest BCUT2D eigenvalue weighted by atomic mass is 10.1. The second-order valence-corrected chi connectivity index (χ2v) is 15.5. The van der Waals surface area contributed by atoms with Crippen LogP contribution >= 0.6 is 15.6 Å². The van der Waals surface area contributed by atoms with Gasteiger partial charge in [-0.1, -0.05) is 0 Å². The standard InChI is InChI=1S/C28H35N9O13P2/c38-9-20(39)29-4-5-35-13-34-26-23(27(35)40)33-14-37(26)28-18-6-16(47-28)10-45-51(41,42)49-17-7-21(48-19(17)11-46-52(43,44)50-18)36-8-15-2-1-3-30-24-22(15)25(36)32-12-31-24/h8,12-14,16-19,21,28,38H,1-7,9-11H2,(H,29,39)(H,41,42)(H,43,44)(H,30,31,32)/t16-,17-,18+,19+,21+,28+/m0/s1. The maximum atomic E-state index is 13.4. The molecular weight excluding hydrogens is 732 g/mol. The molecule has 280 valence electrons. The summed E-state index contributed by atoms with van der Waals surface area (Å²) in [7, 11) is -9.61. The molecule has 3 saturated heterocycles. The molecule has 22 nitrogen and oxygen atoms in total. The molecule has 8 atom stereocenters. The van der Waals surface area contributed by atoms with Crippen molar-refractivity contribution in [1.82, 2.24) is 39.0 Å². The van der Waals surface area contributed by atoms with E-state index in [-0.39, 0.29) is 37.1 Å². The van der Waals surface area contributed by atoms with Crippen molar-refractivity contribution in [2.24, 2.45) is 0 Å². The second-order valence-electron chi connectivity index (χ2n) is 12.7. The highest BCUT2D eigenvalue weighted by Crippen LogP contribution is 2.53. The van der Waals surface area contributed by atoms with Crippen LogP contribution in [0.15, 0.2) is 30.0 Å². The Morgan fingerprint density at radius 2 is 1.77 bits per heavy atom. The van der Waals surface area contributed by atoms with E-state index in [0.717, 1.165) is 30.3 Å². The molecule has 4 aliphatic rings. The van der Waals surface area contributed by atoms with Crippen LogP contribution in [0.25, 0.3) is 22.2 Å². The predicted octanol–water partition coefficient (Wildman–Crippen LogP) is 0.0975. The van der Waals surface area contributed by atoms with Gasteiger partial charge in [0.15, 0.2) is 17.4 Å². The van der Waals surface area contributed by atoms with Crippen LogP contribution in [0.4, 0.5) is 5.82 Å². The largest absolute Gasteiger partial charge is 0.472 e. The van der Waals surface area contributed by atoms with E-state index in [9.17, 15) is 28.5 Å². The number of aliphatic hydroxyl groups excluding tert-OH is 1. The van der Waals surface area contributed by atoms with Gasteiger partial charge in [-0.3, -0.25) is 36.8 Å². The molecule has 3 fully saturated rings. The smallest absolute Gasteiger partial charge is 0.387 e. The summed E-state index contributed by atoms with van der Waals surface area (Å²) in [6.07, 6.45) is 1.11. The summed E-state index contributed by atoms with van der Waals surface area (Å²) in [6, 6.07) is 0. The number of nitrogens with one attached hydrogen (secondary N) is 2. The number of anilines is 1. The molecule has 52 heavy (non-hydrogen) atoms. The number of ether oxygens (including phenoxy) is 2. The normalized spacial score (nSPS) is 32.4. The van der Waals surface area contributed by atoms with Crippen molar-refractivity contribution in [1.29, 1.82) is 0 Å². The molecule has 4 aromatic heterocycles. The molecule has 8 rings (SSSR count). The van der Waals surface area contributed by atoms with Crippen molar-refractivity contribution in [3.8, 4) is 0 Å². The van der Waals surface area contributed by atoms with Gasteiger partial charge in [0.05, 0.1) is 31.0 Å². The van der Waals surface area contributed by atoms with Gasteiger partial charge in [0.2, 0.25) is 5.91 Å². The van der Waals surface area contributed by atoms with E-state index in [1.54, 1.807) is 4.57 Å². The number of carbonyl (C=O) groups excluding carboxylic acids is 1. The first-order chi connectivity index (χ1) is 25.0. The molecule has 0 aromatic carbocycles. The van der Waals surface area contributed by atoms with Crippen LogP contribution < -0.4 is 16.2 Å². The molecule has 2 unspecified atom stereocenters. The van der Waals surface area contributed by atoms with Gasteiger partial charge >= 0.3 is 15.6 Å². The molecule has 2 bridgehead atoms. The summed E-state index contributed by atoms with van der Waals surface area (Å²) in [5.41, 5.74) is 1.03. The zero-order valence-corrected chi connectivity index (χ0v) is 29.1. The molecule has 4 aromatic rings. The number of amides is 1. The van der Waals surface area contributed by atoms with Gasteiger partial charge < -0.3 is 39.6 Å². The third-order valence-electron chi connectivity index (χ3n) is 9.24. The first-order valence-electron chi connectivity index (χ1n) is 16.5. The van der Waals surface area contributed by atoms with Gasteiger partial charge in [0.25, 0.3) is 5.56 Å². The number of fused-ring (bicyclic) bond motifs is 4. The van der Waals surface area contributed by atoms with Crippen LogP contribution in [0.3, 0.4) is 0 Å². The summed E-state index contributed by atoms with van der Waals surface area (Å²) in [6.45, 7) is -0.871. The van der Waals surface area contributed by atoms with Crippen molar-refractivity contribution in [2.75, 3.05) is 38.2 Å². The Labute approximate surface area is 293 Å². The number of hydrogen-bond acceptors (Lipinski definition) is 16. The molecule has 0 saturated carbocycles. The third-order valence-corrected chi connectivity index (χ3v) is 11.3. The van der Waals surface area contributed by atoms with E-state index in [1.807, 2.05) is 6.20 Å². The van der Waals surface area contributed by atoms with Crippen LogP contribution in [-0.4, -0.2) is 112 Å². The Morgan fingerprint density at radius 3 is 2.60 bits per heavy atom. The number of carbonyl (C=O) groups is 1. The fourth-order valence-electron chi connectivity index (χ4n) is 6.90. The molecule has 0 aliphatic carbocycles. The molecule has 1 amide bonds. The number of rotatable bonds is 6. The number of hydrogen-bond donors (Lipinski definition) is 5. The second kappa shape index (κ2) is 14.0. The summed E-state index contributed by atoms with van der Waals surface area (Å²) in [5.74, 6) is 0.0859. The van der Waals surface area contributed by atoms with Gasteiger partial charge in [0, 0.05) is 38.7 Å². The first-order valence-corrected chi connectivity index (χ1v) is 19.5. The maximum Gasteiger partial charge on any atom is 0.472 e. The molecule has 24 heteroatoms. The van der Waals surface area contributed by atoms with Crippen molar-refractivity contribution in [3.63, 3.8) is 0 Å². The Balaban J connectivity index is 1.03.